The van der Waals surface area contributed by atoms with Gasteiger partial charge in [-0.2, -0.15) is 0 Å². The molecule has 1 aromatic heterocycles. The third kappa shape index (κ3) is 4.92. The molecular formula is C27H26N2O7S. The quantitative estimate of drug-likeness (QED) is 0.197. The lowest BCUT2D eigenvalue weighted by Gasteiger charge is -2.23. The molecule has 4 rings (SSSR count). The van der Waals surface area contributed by atoms with E-state index < -0.39 is 23.7 Å². The van der Waals surface area contributed by atoms with Crippen LogP contribution in [-0.4, -0.2) is 48.6 Å². The topological polar surface area (TPSA) is 115 Å². The van der Waals surface area contributed by atoms with Crippen LogP contribution in [0.2, 0.25) is 0 Å². The van der Waals surface area contributed by atoms with Crippen LogP contribution in [0.15, 0.2) is 54.1 Å². The number of methoxy groups -OCH3 is 2. The lowest BCUT2D eigenvalue weighted by Crippen LogP contribution is -2.29. The summed E-state index contributed by atoms with van der Waals surface area (Å²) in [5.41, 5.74) is 1.13. The molecule has 1 aliphatic heterocycles. The Balaban J connectivity index is 1.89. The molecular weight excluding hydrogens is 496 g/mol. The van der Waals surface area contributed by atoms with Gasteiger partial charge in [-0.25, -0.2) is 9.78 Å². The van der Waals surface area contributed by atoms with Gasteiger partial charge in [0.15, 0.2) is 5.13 Å². The maximum absolute atomic E-state index is 13.4. The first-order valence-electron chi connectivity index (χ1n) is 11.5. The van der Waals surface area contributed by atoms with Gasteiger partial charge < -0.3 is 19.3 Å². The highest BCUT2D eigenvalue weighted by atomic mass is 32.1. The molecule has 1 aliphatic rings. The van der Waals surface area contributed by atoms with Gasteiger partial charge in [0.2, 0.25) is 0 Å². The second kappa shape index (κ2) is 10.8. The van der Waals surface area contributed by atoms with Crippen LogP contribution in [0.4, 0.5) is 5.13 Å². The minimum absolute atomic E-state index is 0.104. The van der Waals surface area contributed by atoms with Gasteiger partial charge in [-0.1, -0.05) is 42.5 Å². The van der Waals surface area contributed by atoms with Crippen molar-refractivity contribution in [1.82, 2.24) is 4.98 Å². The lowest BCUT2D eigenvalue weighted by molar-refractivity contribution is -0.132. The number of nitrogens with zero attached hydrogens (tertiary/aromatic N) is 2. The summed E-state index contributed by atoms with van der Waals surface area (Å²) in [5.74, 6) is -1.57. The number of benzene rings is 2. The van der Waals surface area contributed by atoms with Gasteiger partial charge in [0.1, 0.15) is 22.1 Å². The number of thiazole rings is 1. The number of ketones is 1. The van der Waals surface area contributed by atoms with Crippen molar-refractivity contribution in [2.24, 2.45) is 0 Å². The van der Waals surface area contributed by atoms with Crippen molar-refractivity contribution in [1.29, 1.82) is 0 Å². The van der Waals surface area contributed by atoms with Gasteiger partial charge in [-0.05, 0) is 43.2 Å². The number of rotatable bonds is 8. The van der Waals surface area contributed by atoms with E-state index >= 15 is 0 Å². The van der Waals surface area contributed by atoms with Crippen LogP contribution in [-0.2, 0) is 14.3 Å². The number of aryl methyl sites for hydroxylation is 1. The largest absolute Gasteiger partial charge is 0.507 e. The summed E-state index contributed by atoms with van der Waals surface area (Å²) in [7, 11) is 2.74. The van der Waals surface area contributed by atoms with Crippen LogP contribution in [0.25, 0.3) is 5.76 Å². The van der Waals surface area contributed by atoms with Gasteiger partial charge in [0.05, 0.1) is 38.1 Å². The van der Waals surface area contributed by atoms with Crippen LogP contribution >= 0.6 is 11.3 Å². The number of anilines is 1. The fourth-order valence-corrected chi connectivity index (χ4v) is 5.02. The SMILES string of the molecule is CCCOc1ccc(C2/C(=C(\O)c3cccc(OC)c3)C(=O)C(=O)N2c2nc(C)c(C(=O)OC)s2)cc1. The summed E-state index contributed by atoms with van der Waals surface area (Å²) in [5, 5.41) is 11.4. The molecule has 1 amide bonds. The predicted octanol–water partition coefficient (Wildman–Crippen LogP) is 4.66. The van der Waals surface area contributed by atoms with Crippen LogP contribution in [0, 0.1) is 6.92 Å². The standard InChI is InChI=1S/C27H26N2O7S/c1-5-13-36-18-11-9-16(10-12-18)21-20(22(30)17-7-6-8-19(14-17)34-3)23(31)25(32)29(21)27-28-15(2)24(37-27)26(33)35-4/h6-12,14,21,30H,5,13H2,1-4H3/b22-20+. The Morgan fingerprint density at radius 1 is 1.11 bits per heavy atom. The normalized spacial score (nSPS) is 16.6. The number of aliphatic hydroxyl groups is 1. The molecule has 0 saturated carbocycles. The first-order valence-corrected chi connectivity index (χ1v) is 12.4. The van der Waals surface area contributed by atoms with E-state index in [4.69, 9.17) is 14.2 Å². The Kier molecular flexibility index (Phi) is 7.58. The van der Waals surface area contributed by atoms with Gasteiger partial charge >= 0.3 is 11.9 Å². The average molecular weight is 523 g/mol. The molecule has 37 heavy (non-hydrogen) atoms. The summed E-state index contributed by atoms with van der Waals surface area (Å²) < 4.78 is 15.7. The molecule has 192 valence electrons. The highest BCUT2D eigenvalue weighted by Crippen LogP contribution is 2.44. The van der Waals surface area contributed by atoms with E-state index in [1.165, 1.54) is 19.1 Å². The molecule has 0 radical (unpaired) electrons. The average Bonchev–Trinajstić information content (AvgIpc) is 3.43. The maximum atomic E-state index is 13.4. The fourth-order valence-electron chi connectivity index (χ4n) is 4.00. The molecule has 2 heterocycles. The number of carbonyl (C=O) groups is 3. The molecule has 3 aromatic rings. The molecule has 0 bridgehead atoms. The molecule has 1 saturated heterocycles. The fraction of sp³-hybridized carbons (Fsp3) is 0.259. The van der Waals surface area contributed by atoms with Gasteiger partial charge in [0, 0.05) is 5.56 Å². The molecule has 0 aliphatic carbocycles. The van der Waals surface area contributed by atoms with E-state index in [-0.39, 0.29) is 21.3 Å². The highest BCUT2D eigenvalue weighted by molar-refractivity contribution is 7.17. The number of aliphatic hydroxyl groups excluding tert-OH is 1. The molecule has 10 heteroatoms. The number of hydrogen-bond donors (Lipinski definition) is 1. The zero-order valence-electron chi connectivity index (χ0n) is 20.8. The van der Waals surface area contributed by atoms with Crippen LogP contribution in [0.3, 0.4) is 0 Å². The maximum Gasteiger partial charge on any atom is 0.350 e. The van der Waals surface area contributed by atoms with Crippen molar-refractivity contribution in [2.45, 2.75) is 26.3 Å². The van der Waals surface area contributed by atoms with Crippen molar-refractivity contribution < 1.29 is 33.7 Å². The molecule has 1 fully saturated rings. The Labute approximate surface area is 217 Å². The van der Waals surface area contributed by atoms with E-state index in [9.17, 15) is 19.5 Å². The van der Waals surface area contributed by atoms with E-state index in [2.05, 4.69) is 4.98 Å². The summed E-state index contributed by atoms with van der Waals surface area (Å²) in [4.78, 5) is 44.7. The Morgan fingerprint density at radius 2 is 1.84 bits per heavy atom. The second-order valence-electron chi connectivity index (χ2n) is 8.22. The molecule has 1 N–H and O–H groups in total. The molecule has 0 spiro atoms. The number of Topliss-reactive ketones (excluding diaryl/α,β-unsaturated/α-hetero) is 1. The third-order valence-electron chi connectivity index (χ3n) is 5.82. The first kappa shape index (κ1) is 25.9. The Hall–Kier alpha value is -4.18. The predicted molar refractivity (Wildman–Crippen MR) is 138 cm³/mol. The van der Waals surface area contributed by atoms with Gasteiger partial charge in [-0.15, -0.1) is 0 Å². The molecule has 2 aromatic carbocycles. The minimum Gasteiger partial charge on any atom is -0.507 e. The van der Waals surface area contributed by atoms with E-state index in [0.717, 1.165) is 17.8 Å². The number of amides is 1. The number of ether oxygens (including phenoxy) is 3. The Bertz CT molecular complexity index is 1380. The zero-order valence-corrected chi connectivity index (χ0v) is 21.6. The van der Waals surface area contributed by atoms with E-state index in [0.29, 0.717) is 34.9 Å². The van der Waals surface area contributed by atoms with Crippen LogP contribution in [0.5, 0.6) is 11.5 Å². The van der Waals surface area contributed by atoms with Crippen molar-refractivity contribution in [2.75, 3.05) is 25.7 Å². The van der Waals surface area contributed by atoms with Crippen LogP contribution < -0.4 is 14.4 Å². The third-order valence-corrected chi connectivity index (χ3v) is 6.96. The van der Waals surface area contributed by atoms with Gasteiger partial charge in [0.25, 0.3) is 5.78 Å². The van der Waals surface area contributed by atoms with Crippen LogP contribution in [0.1, 0.15) is 45.9 Å². The molecule has 9 nitrogen and oxygen atoms in total. The number of aromatic nitrogens is 1. The van der Waals surface area contributed by atoms with Crippen molar-refractivity contribution in [3.05, 3.63) is 75.8 Å². The molecule has 1 unspecified atom stereocenters. The zero-order chi connectivity index (χ0) is 26.7. The monoisotopic (exact) mass is 522 g/mol. The van der Waals surface area contributed by atoms with E-state index in [1.54, 1.807) is 55.5 Å². The minimum atomic E-state index is -0.998. The second-order valence-corrected chi connectivity index (χ2v) is 9.20. The number of esters is 1. The van der Waals surface area contributed by atoms with E-state index in [1.807, 2.05) is 6.92 Å². The summed E-state index contributed by atoms with van der Waals surface area (Å²) >= 11 is 0.942. The summed E-state index contributed by atoms with van der Waals surface area (Å²) in [6.45, 7) is 4.16. The molecule has 1 atom stereocenters. The number of hydrogen-bond acceptors (Lipinski definition) is 9. The number of carbonyl (C=O) groups excluding carboxylic acids is 3. The van der Waals surface area contributed by atoms with Crippen molar-refractivity contribution >= 4 is 39.9 Å². The van der Waals surface area contributed by atoms with Crippen molar-refractivity contribution in [3.8, 4) is 11.5 Å². The van der Waals surface area contributed by atoms with Crippen molar-refractivity contribution in [3.63, 3.8) is 0 Å². The van der Waals surface area contributed by atoms with Gasteiger partial charge in [-0.3, -0.25) is 14.5 Å². The summed E-state index contributed by atoms with van der Waals surface area (Å²) in [6, 6.07) is 12.5. The summed E-state index contributed by atoms with van der Waals surface area (Å²) in [6.07, 6.45) is 0.842. The highest BCUT2D eigenvalue weighted by Gasteiger charge is 2.48. The first-order chi connectivity index (χ1) is 17.8. The lowest BCUT2D eigenvalue weighted by atomic mass is 9.95. The smallest absolute Gasteiger partial charge is 0.350 e. The Morgan fingerprint density at radius 3 is 2.49 bits per heavy atom.